The van der Waals surface area contributed by atoms with Gasteiger partial charge in [-0.15, -0.1) is 0 Å². The van der Waals surface area contributed by atoms with E-state index in [4.69, 9.17) is 9.47 Å². The van der Waals surface area contributed by atoms with Crippen LogP contribution in [0.15, 0.2) is 22.7 Å². The van der Waals surface area contributed by atoms with E-state index in [-0.39, 0.29) is 5.91 Å². The summed E-state index contributed by atoms with van der Waals surface area (Å²) in [6.45, 7) is 1.49. The third kappa shape index (κ3) is 1.66. The number of benzene rings is 1. The van der Waals surface area contributed by atoms with Crippen molar-refractivity contribution in [3.63, 3.8) is 0 Å². The number of amides is 1. The molecule has 0 bridgehead atoms. The summed E-state index contributed by atoms with van der Waals surface area (Å²) < 4.78 is 12.2. The molecule has 4 nitrogen and oxygen atoms in total. The van der Waals surface area contributed by atoms with E-state index in [1.54, 1.807) is 4.90 Å². The molecule has 1 fully saturated rings. The minimum atomic E-state index is -1.22. The maximum atomic E-state index is 12.5. The monoisotopic (exact) mass is 375 g/mol. The van der Waals surface area contributed by atoms with Crippen LogP contribution in [-0.4, -0.2) is 31.0 Å². The van der Waals surface area contributed by atoms with Crippen LogP contribution in [0.25, 0.3) is 0 Å². The number of fused-ring (bicyclic) bond motifs is 2. The van der Waals surface area contributed by atoms with E-state index < -0.39 is 5.79 Å². The Morgan fingerprint density at radius 3 is 2.72 bits per heavy atom. The fourth-order valence-corrected chi connectivity index (χ4v) is 3.12. The summed E-state index contributed by atoms with van der Waals surface area (Å²) in [5.74, 6) is -1.35. The lowest BCUT2D eigenvalue weighted by Crippen LogP contribution is -2.41. The van der Waals surface area contributed by atoms with Crippen molar-refractivity contribution in [2.24, 2.45) is 0 Å². The van der Waals surface area contributed by atoms with Crippen molar-refractivity contribution in [2.75, 3.05) is 30.0 Å². The molecule has 0 aliphatic carbocycles. The first-order valence-electron chi connectivity index (χ1n) is 5.65. The Labute approximate surface area is 121 Å². The van der Waals surface area contributed by atoms with E-state index in [1.165, 1.54) is 0 Å². The fraction of sp³-hybridized carbons (Fsp3) is 0.417. The molecule has 2 heterocycles. The quantitative estimate of drug-likeness (QED) is 0.744. The maximum Gasteiger partial charge on any atom is 0.292 e. The van der Waals surface area contributed by atoms with Crippen LogP contribution in [0.3, 0.4) is 0 Å². The van der Waals surface area contributed by atoms with Crippen LogP contribution < -0.4 is 4.90 Å². The van der Waals surface area contributed by atoms with E-state index in [9.17, 15) is 4.79 Å². The molecule has 6 heteroatoms. The summed E-state index contributed by atoms with van der Waals surface area (Å²) in [5.41, 5.74) is 1.66. The number of ether oxygens (including phenoxy) is 2. The van der Waals surface area contributed by atoms with E-state index in [2.05, 4.69) is 31.9 Å². The zero-order valence-corrected chi connectivity index (χ0v) is 12.7. The van der Waals surface area contributed by atoms with Gasteiger partial charge in [-0.1, -0.05) is 31.9 Å². The van der Waals surface area contributed by atoms with Crippen molar-refractivity contribution in [1.82, 2.24) is 0 Å². The normalized spacial score (nSPS) is 20.8. The van der Waals surface area contributed by atoms with Gasteiger partial charge < -0.3 is 14.4 Å². The van der Waals surface area contributed by atoms with Crippen LogP contribution >= 0.6 is 31.9 Å². The predicted octanol–water partition coefficient (Wildman–Crippen LogP) is 2.39. The zero-order valence-electron chi connectivity index (χ0n) is 9.49. The fourth-order valence-electron chi connectivity index (χ4n) is 2.41. The van der Waals surface area contributed by atoms with Gasteiger partial charge in [-0.3, -0.25) is 4.79 Å². The van der Waals surface area contributed by atoms with Gasteiger partial charge in [0, 0.05) is 21.9 Å². The number of anilines is 1. The van der Waals surface area contributed by atoms with Gasteiger partial charge in [0.2, 0.25) is 0 Å². The lowest BCUT2D eigenvalue weighted by atomic mass is 10.1. The molecule has 18 heavy (non-hydrogen) atoms. The molecule has 0 radical (unpaired) electrons. The number of rotatable bonds is 2. The van der Waals surface area contributed by atoms with Gasteiger partial charge in [0.05, 0.1) is 18.9 Å². The van der Waals surface area contributed by atoms with Crippen LogP contribution in [0.4, 0.5) is 5.69 Å². The zero-order chi connectivity index (χ0) is 12.8. The number of halogens is 2. The predicted molar refractivity (Wildman–Crippen MR) is 73.9 cm³/mol. The van der Waals surface area contributed by atoms with Crippen LogP contribution in [0, 0.1) is 0 Å². The number of nitrogens with zero attached hydrogens (tertiary/aromatic N) is 1. The average Bonchev–Trinajstić information content (AvgIpc) is 2.92. The molecule has 0 N–H and O–H groups in total. The lowest BCUT2D eigenvalue weighted by molar-refractivity contribution is -0.180. The molecule has 2 aliphatic heterocycles. The Morgan fingerprint density at radius 2 is 2.06 bits per heavy atom. The molecule has 0 saturated carbocycles. The van der Waals surface area contributed by atoms with Gasteiger partial charge >= 0.3 is 0 Å². The molecular formula is C12H11Br2NO3. The third-order valence-corrected chi connectivity index (χ3v) is 3.98. The molecule has 0 aromatic heterocycles. The number of hydrogen-bond donors (Lipinski definition) is 0. The first-order valence-corrected chi connectivity index (χ1v) is 7.56. The highest BCUT2D eigenvalue weighted by molar-refractivity contribution is 9.10. The van der Waals surface area contributed by atoms with Gasteiger partial charge in [0.15, 0.2) is 0 Å². The molecule has 1 aromatic carbocycles. The Morgan fingerprint density at radius 1 is 1.33 bits per heavy atom. The second kappa shape index (κ2) is 4.59. The minimum absolute atomic E-state index is 0.132. The van der Waals surface area contributed by atoms with Crippen LogP contribution in [0.1, 0.15) is 5.56 Å². The molecule has 2 aliphatic rings. The van der Waals surface area contributed by atoms with Crippen LogP contribution in [-0.2, 0) is 20.1 Å². The van der Waals surface area contributed by atoms with E-state index in [0.29, 0.717) is 25.1 Å². The molecule has 3 rings (SSSR count). The number of carbonyl (C=O) groups excluding carboxylic acids is 1. The van der Waals surface area contributed by atoms with Crippen molar-refractivity contribution >= 4 is 43.5 Å². The summed E-state index contributed by atoms with van der Waals surface area (Å²) >= 11 is 6.79. The Hall–Kier alpha value is -0.430. The van der Waals surface area contributed by atoms with Gasteiger partial charge in [-0.2, -0.15) is 0 Å². The molecule has 0 unspecified atom stereocenters. The summed E-state index contributed by atoms with van der Waals surface area (Å²) in [4.78, 5) is 14.2. The van der Waals surface area contributed by atoms with Gasteiger partial charge in [0.25, 0.3) is 11.7 Å². The number of hydrogen-bond acceptors (Lipinski definition) is 3. The highest BCUT2D eigenvalue weighted by Crippen LogP contribution is 2.46. The summed E-state index contributed by atoms with van der Waals surface area (Å²) in [5, 5.41) is 0.713. The highest BCUT2D eigenvalue weighted by Gasteiger charge is 2.55. The SMILES string of the molecule is O=C1N(CCBr)c2ccc(Br)cc2C12OCCO2. The van der Waals surface area contributed by atoms with Crippen LogP contribution in [0.5, 0.6) is 0 Å². The Balaban J connectivity index is 2.14. The molecule has 1 amide bonds. The Kier molecular flexibility index (Phi) is 3.21. The maximum absolute atomic E-state index is 12.5. The number of carbonyl (C=O) groups is 1. The smallest absolute Gasteiger partial charge is 0.292 e. The van der Waals surface area contributed by atoms with Crippen molar-refractivity contribution in [2.45, 2.75) is 5.79 Å². The largest absolute Gasteiger partial charge is 0.336 e. The second-order valence-electron chi connectivity index (χ2n) is 4.12. The number of alkyl halides is 1. The molecule has 1 saturated heterocycles. The van der Waals surface area contributed by atoms with E-state index >= 15 is 0 Å². The second-order valence-corrected chi connectivity index (χ2v) is 5.83. The lowest BCUT2D eigenvalue weighted by Gasteiger charge is -2.21. The molecule has 0 atom stereocenters. The first-order chi connectivity index (χ1) is 8.69. The Bertz CT molecular complexity index is 500. The highest BCUT2D eigenvalue weighted by atomic mass is 79.9. The van der Waals surface area contributed by atoms with Crippen molar-refractivity contribution < 1.29 is 14.3 Å². The summed E-state index contributed by atoms with van der Waals surface area (Å²) in [7, 11) is 0. The minimum Gasteiger partial charge on any atom is -0.336 e. The van der Waals surface area contributed by atoms with Crippen molar-refractivity contribution in [1.29, 1.82) is 0 Å². The van der Waals surface area contributed by atoms with Crippen molar-refractivity contribution in [3.8, 4) is 0 Å². The first kappa shape index (κ1) is 12.6. The standard InChI is InChI=1S/C12H11Br2NO3/c13-3-4-15-10-2-1-8(14)7-9(10)12(11(15)16)17-5-6-18-12/h1-2,7H,3-6H2. The molecule has 1 aromatic rings. The van der Waals surface area contributed by atoms with E-state index in [1.807, 2.05) is 18.2 Å². The molecular weight excluding hydrogens is 366 g/mol. The van der Waals surface area contributed by atoms with Gasteiger partial charge in [-0.25, -0.2) is 0 Å². The summed E-state index contributed by atoms with van der Waals surface area (Å²) in [6, 6.07) is 5.73. The summed E-state index contributed by atoms with van der Waals surface area (Å²) in [6.07, 6.45) is 0. The van der Waals surface area contributed by atoms with Crippen molar-refractivity contribution in [3.05, 3.63) is 28.2 Å². The van der Waals surface area contributed by atoms with E-state index in [0.717, 1.165) is 15.7 Å². The molecule has 96 valence electrons. The topological polar surface area (TPSA) is 38.8 Å². The van der Waals surface area contributed by atoms with Gasteiger partial charge in [-0.05, 0) is 18.2 Å². The molecule has 1 spiro atoms. The third-order valence-electron chi connectivity index (χ3n) is 3.13. The van der Waals surface area contributed by atoms with Gasteiger partial charge in [0.1, 0.15) is 0 Å². The average molecular weight is 377 g/mol. The van der Waals surface area contributed by atoms with Crippen LogP contribution in [0.2, 0.25) is 0 Å².